The molecule has 102 valence electrons. The van der Waals surface area contributed by atoms with Gasteiger partial charge in [-0.3, -0.25) is 0 Å². The number of halogens is 1. The van der Waals surface area contributed by atoms with Gasteiger partial charge in [-0.05, 0) is 55.1 Å². The molecule has 0 saturated heterocycles. The second-order valence-corrected chi connectivity index (χ2v) is 5.15. The molecule has 0 aliphatic heterocycles. The number of carboxylic acid groups (broad SMARTS) is 1. The Hall–Kier alpha value is -1.68. The van der Waals surface area contributed by atoms with Gasteiger partial charge in [-0.1, -0.05) is 6.07 Å². The minimum Gasteiger partial charge on any atom is -0.478 e. The second kappa shape index (κ2) is 5.97. The van der Waals surface area contributed by atoms with E-state index >= 15 is 0 Å². The standard InChI is InChI=1S/C15H18FNO2/c1-17(9-11-2-3-11)10-13-4-6-14(16)8-12(13)5-7-15(18)19/h4-8,11H,2-3,9-10H2,1H3,(H,18,19). The summed E-state index contributed by atoms with van der Waals surface area (Å²) < 4.78 is 13.2. The molecule has 0 unspecified atom stereocenters. The van der Waals surface area contributed by atoms with E-state index in [0.717, 1.165) is 24.1 Å². The molecule has 1 aromatic rings. The summed E-state index contributed by atoms with van der Waals surface area (Å²) in [6.07, 6.45) is 5.07. The Bertz CT molecular complexity index is 495. The van der Waals surface area contributed by atoms with Crippen LogP contribution in [0.5, 0.6) is 0 Å². The SMILES string of the molecule is CN(Cc1ccc(F)cc1C=CC(=O)O)CC1CC1. The first-order valence-electron chi connectivity index (χ1n) is 6.42. The Morgan fingerprint density at radius 2 is 2.26 bits per heavy atom. The fraction of sp³-hybridized carbons (Fsp3) is 0.400. The fourth-order valence-electron chi connectivity index (χ4n) is 2.12. The molecule has 0 aromatic heterocycles. The molecule has 0 bridgehead atoms. The summed E-state index contributed by atoms with van der Waals surface area (Å²) >= 11 is 0. The van der Waals surface area contributed by atoms with E-state index in [1.165, 1.54) is 31.1 Å². The van der Waals surface area contributed by atoms with E-state index in [1.54, 1.807) is 6.07 Å². The summed E-state index contributed by atoms with van der Waals surface area (Å²) in [5.74, 6) is -0.580. The average molecular weight is 263 g/mol. The molecule has 4 heteroatoms. The molecular weight excluding hydrogens is 245 g/mol. The zero-order valence-electron chi connectivity index (χ0n) is 11.0. The Kier molecular flexibility index (Phi) is 4.32. The lowest BCUT2D eigenvalue weighted by atomic mass is 10.1. The fourth-order valence-corrected chi connectivity index (χ4v) is 2.12. The average Bonchev–Trinajstić information content (AvgIpc) is 3.13. The molecule has 0 heterocycles. The minimum atomic E-state index is -1.03. The van der Waals surface area contributed by atoms with Gasteiger partial charge in [-0.25, -0.2) is 9.18 Å². The number of hydrogen-bond acceptors (Lipinski definition) is 2. The number of aliphatic carboxylic acids is 1. The number of benzene rings is 1. The second-order valence-electron chi connectivity index (χ2n) is 5.15. The van der Waals surface area contributed by atoms with E-state index in [-0.39, 0.29) is 5.82 Å². The maximum absolute atomic E-state index is 13.2. The van der Waals surface area contributed by atoms with Gasteiger partial charge in [-0.2, -0.15) is 0 Å². The van der Waals surface area contributed by atoms with Gasteiger partial charge >= 0.3 is 5.97 Å². The highest BCUT2D eigenvalue weighted by molar-refractivity contribution is 5.85. The normalized spacial score (nSPS) is 15.3. The van der Waals surface area contributed by atoms with Crippen molar-refractivity contribution in [3.63, 3.8) is 0 Å². The molecule has 0 radical (unpaired) electrons. The Morgan fingerprint density at radius 1 is 1.53 bits per heavy atom. The maximum Gasteiger partial charge on any atom is 0.328 e. The van der Waals surface area contributed by atoms with Gasteiger partial charge in [0.05, 0.1) is 0 Å². The molecule has 1 N–H and O–H groups in total. The zero-order chi connectivity index (χ0) is 13.8. The van der Waals surface area contributed by atoms with Gasteiger partial charge in [0.15, 0.2) is 0 Å². The van der Waals surface area contributed by atoms with Crippen molar-refractivity contribution in [1.29, 1.82) is 0 Å². The first-order chi connectivity index (χ1) is 9.04. The van der Waals surface area contributed by atoms with Crippen LogP contribution in [0.25, 0.3) is 6.08 Å². The first kappa shape index (κ1) is 13.7. The van der Waals surface area contributed by atoms with Crippen molar-refractivity contribution in [2.75, 3.05) is 13.6 Å². The quantitative estimate of drug-likeness (QED) is 0.802. The summed E-state index contributed by atoms with van der Waals surface area (Å²) in [4.78, 5) is 12.8. The van der Waals surface area contributed by atoms with Crippen LogP contribution in [-0.4, -0.2) is 29.6 Å². The molecular formula is C15H18FNO2. The summed E-state index contributed by atoms with van der Waals surface area (Å²) in [6, 6.07) is 4.51. The molecule has 1 aliphatic rings. The maximum atomic E-state index is 13.2. The van der Waals surface area contributed by atoms with Gasteiger partial charge in [0.2, 0.25) is 0 Å². The monoisotopic (exact) mass is 263 g/mol. The highest BCUT2D eigenvalue weighted by Gasteiger charge is 2.22. The highest BCUT2D eigenvalue weighted by atomic mass is 19.1. The third kappa shape index (κ3) is 4.48. The topological polar surface area (TPSA) is 40.5 Å². The molecule has 0 amide bonds. The van der Waals surface area contributed by atoms with Crippen LogP contribution in [0.4, 0.5) is 4.39 Å². The summed E-state index contributed by atoms with van der Waals surface area (Å²) in [6.45, 7) is 1.75. The lowest BCUT2D eigenvalue weighted by Crippen LogP contribution is -2.20. The Balaban J connectivity index is 2.10. The van der Waals surface area contributed by atoms with E-state index in [4.69, 9.17) is 5.11 Å². The molecule has 1 saturated carbocycles. The van der Waals surface area contributed by atoms with E-state index in [0.29, 0.717) is 12.1 Å². The predicted octanol–water partition coefficient (Wildman–Crippen LogP) is 2.77. The molecule has 1 aromatic carbocycles. The summed E-state index contributed by atoms with van der Waals surface area (Å²) in [7, 11) is 2.03. The molecule has 3 nitrogen and oxygen atoms in total. The van der Waals surface area contributed by atoms with E-state index < -0.39 is 5.97 Å². The van der Waals surface area contributed by atoms with Crippen molar-refractivity contribution in [1.82, 2.24) is 4.90 Å². The van der Waals surface area contributed by atoms with Gasteiger partial charge < -0.3 is 10.0 Å². The van der Waals surface area contributed by atoms with E-state index in [2.05, 4.69) is 4.90 Å². The number of carbonyl (C=O) groups is 1. The summed E-state index contributed by atoms with van der Waals surface area (Å²) in [5, 5.41) is 8.65. The third-order valence-corrected chi connectivity index (χ3v) is 3.22. The molecule has 0 atom stereocenters. The van der Waals surface area contributed by atoms with Gasteiger partial charge in [-0.15, -0.1) is 0 Å². The van der Waals surface area contributed by atoms with Crippen molar-refractivity contribution >= 4 is 12.0 Å². The van der Waals surface area contributed by atoms with Crippen LogP contribution in [-0.2, 0) is 11.3 Å². The molecule has 19 heavy (non-hydrogen) atoms. The van der Waals surface area contributed by atoms with Crippen molar-refractivity contribution in [3.05, 3.63) is 41.2 Å². The lowest BCUT2D eigenvalue weighted by molar-refractivity contribution is -0.131. The number of hydrogen-bond donors (Lipinski definition) is 1. The van der Waals surface area contributed by atoms with Gasteiger partial charge in [0.1, 0.15) is 5.82 Å². The van der Waals surface area contributed by atoms with Crippen molar-refractivity contribution in [3.8, 4) is 0 Å². The molecule has 0 spiro atoms. The number of carboxylic acids is 1. The molecule has 1 aliphatic carbocycles. The zero-order valence-corrected chi connectivity index (χ0v) is 11.0. The largest absolute Gasteiger partial charge is 0.478 e. The Labute approximate surface area is 112 Å². The third-order valence-electron chi connectivity index (χ3n) is 3.22. The lowest BCUT2D eigenvalue weighted by Gasteiger charge is -2.17. The number of rotatable bonds is 6. The Morgan fingerprint density at radius 3 is 2.89 bits per heavy atom. The smallest absolute Gasteiger partial charge is 0.328 e. The van der Waals surface area contributed by atoms with Crippen LogP contribution in [0.15, 0.2) is 24.3 Å². The van der Waals surface area contributed by atoms with Crippen LogP contribution in [0.1, 0.15) is 24.0 Å². The van der Waals surface area contributed by atoms with Crippen LogP contribution in [0.3, 0.4) is 0 Å². The predicted molar refractivity (Wildman–Crippen MR) is 72.1 cm³/mol. The molecule has 2 rings (SSSR count). The minimum absolute atomic E-state index is 0.348. The van der Waals surface area contributed by atoms with Crippen LogP contribution in [0, 0.1) is 11.7 Å². The highest BCUT2D eigenvalue weighted by Crippen LogP contribution is 2.29. The van der Waals surface area contributed by atoms with Crippen molar-refractivity contribution in [2.45, 2.75) is 19.4 Å². The van der Waals surface area contributed by atoms with Gasteiger partial charge in [0.25, 0.3) is 0 Å². The van der Waals surface area contributed by atoms with E-state index in [1.807, 2.05) is 7.05 Å². The summed E-state index contributed by atoms with van der Waals surface area (Å²) in [5.41, 5.74) is 1.58. The van der Waals surface area contributed by atoms with Gasteiger partial charge in [0, 0.05) is 19.2 Å². The molecule has 1 fully saturated rings. The van der Waals surface area contributed by atoms with Crippen LogP contribution in [0.2, 0.25) is 0 Å². The van der Waals surface area contributed by atoms with E-state index in [9.17, 15) is 9.18 Å². The van der Waals surface area contributed by atoms with Crippen molar-refractivity contribution in [2.24, 2.45) is 5.92 Å². The van der Waals surface area contributed by atoms with Crippen LogP contribution < -0.4 is 0 Å². The van der Waals surface area contributed by atoms with Crippen LogP contribution >= 0.6 is 0 Å². The first-order valence-corrected chi connectivity index (χ1v) is 6.42. The van der Waals surface area contributed by atoms with Crippen molar-refractivity contribution < 1.29 is 14.3 Å². The number of nitrogens with zero attached hydrogens (tertiary/aromatic N) is 1.